The molecular weight excluding hydrogens is 247 g/mol. The van der Waals surface area contributed by atoms with Gasteiger partial charge in [0, 0.05) is 0 Å². The van der Waals surface area contributed by atoms with Crippen LogP contribution < -0.4 is 0 Å². The zero-order valence-corrected chi connectivity index (χ0v) is 7.32. The minimum absolute atomic E-state index is 0.726. The Hall–Kier alpha value is 0.790. The molecule has 0 bridgehead atoms. The summed E-state index contributed by atoms with van der Waals surface area (Å²) < 4.78 is 9.48. The summed E-state index contributed by atoms with van der Waals surface area (Å²) in [6, 6.07) is 0. The fraction of sp³-hybridized carbons (Fsp3) is 1.00. The molecule has 0 aromatic rings. The van der Waals surface area contributed by atoms with Crippen molar-refractivity contribution in [2.75, 3.05) is 20.3 Å². The summed E-state index contributed by atoms with van der Waals surface area (Å²) in [6.45, 7) is 1.48. The van der Waals surface area contributed by atoms with Crippen LogP contribution in [-0.2, 0) is 32.4 Å². The Balaban J connectivity index is 2.34. The van der Waals surface area contributed by atoms with Crippen molar-refractivity contribution in [3.05, 3.63) is 0 Å². The van der Waals surface area contributed by atoms with Crippen LogP contribution in [0.25, 0.3) is 0 Å². The van der Waals surface area contributed by atoms with Crippen molar-refractivity contribution < 1.29 is 32.4 Å². The average Bonchev–Trinajstić information content (AvgIpc) is 1.61. The van der Waals surface area contributed by atoms with E-state index < -0.39 is 0 Å². The molecule has 35 valence electrons. The average molecular weight is 254 g/mol. The number of ether oxygens (including phenoxy) is 1. The number of hydrogen-bond acceptors (Lipinski definition) is 2. The van der Waals surface area contributed by atoms with Crippen molar-refractivity contribution in [2.45, 2.75) is 0 Å². The molecule has 3 heteroatoms. The molecule has 0 radical (unpaired) electrons. The van der Waals surface area contributed by atoms with Gasteiger partial charge in [0.1, 0.15) is 0 Å². The first-order valence-electron chi connectivity index (χ1n) is 1.69. The fourth-order valence-electron chi connectivity index (χ4n) is 0.125. The van der Waals surface area contributed by atoms with Crippen LogP contribution in [0.5, 0.6) is 0 Å². The van der Waals surface area contributed by atoms with E-state index in [9.17, 15) is 0 Å². The molecule has 0 aliphatic carbocycles. The third-order valence-electron chi connectivity index (χ3n) is 0.390. The van der Waals surface area contributed by atoms with E-state index in [0.717, 1.165) is 38.0 Å². The van der Waals surface area contributed by atoms with Crippen molar-refractivity contribution in [1.29, 1.82) is 0 Å². The molecule has 0 aliphatic heterocycles. The van der Waals surface area contributed by atoms with Gasteiger partial charge in [-0.3, -0.25) is 0 Å². The van der Waals surface area contributed by atoms with Crippen molar-refractivity contribution in [2.24, 2.45) is 0 Å². The van der Waals surface area contributed by atoms with Crippen molar-refractivity contribution in [3.8, 4) is 0 Å². The minimum atomic E-state index is 0.726. The van der Waals surface area contributed by atoms with Crippen LogP contribution in [0.3, 0.4) is 0 Å². The summed E-state index contributed by atoms with van der Waals surface area (Å²) in [4.78, 5) is 0. The van der Waals surface area contributed by atoms with Gasteiger partial charge in [-0.15, -0.1) is 0 Å². The maximum atomic E-state index is 4.80. The molecule has 2 nitrogen and oxygen atoms in total. The van der Waals surface area contributed by atoms with Crippen molar-refractivity contribution in [3.63, 3.8) is 0 Å². The van der Waals surface area contributed by atoms with E-state index >= 15 is 0 Å². The number of methoxy groups -OCH3 is 1. The molecule has 0 heterocycles. The molecule has 0 saturated heterocycles. The van der Waals surface area contributed by atoms with Gasteiger partial charge in [-0.1, -0.05) is 0 Å². The monoisotopic (exact) mass is 255 g/mol. The molecular formula is C3H7HfO2. The van der Waals surface area contributed by atoms with Crippen molar-refractivity contribution in [1.82, 2.24) is 0 Å². The molecule has 0 unspecified atom stereocenters. The molecule has 0 fully saturated rings. The van der Waals surface area contributed by atoms with E-state index in [0.29, 0.717) is 0 Å². The Morgan fingerprint density at radius 2 is 2.17 bits per heavy atom. The summed E-state index contributed by atoms with van der Waals surface area (Å²) in [6.07, 6.45) is 0. The summed E-state index contributed by atoms with van der Waals surface area (Å²) >= 11 is 0.823. The van der Waals surface area contributed by atoms with Gasteiger partial charge in [0.25, 0.3) is 0 Å². The van der Waals surface area contributed by atoms with E-state index in [-0.39, 0.29) is 0 Å². The van der Waals surface area contributed by atoms with Crippen LogP contribution in [0.4, 0.5) is 0 Å². The first-order valence-corrected chi connectivity index (χ1v) is 3.16. The van der Waals surface area contributed by atoms with Crippen LogP contribution in [0.15, 0.2) is 0 Å². The Bertz CT molecular complexity index is 20.8. The van der Waals surface area contributed by atoms with E-state index in [4.69, 9.17) is 2.85 Å². The van der Waals surface area contributed by atoms with Crippen LogP contribution in [-0.4, -0.2) is 20.3 Å². The SMILES string of the molecule is COCC[O][Hf]. The van der Waals surface area contributed by atoms with Crippen molar-refractivity contribution >= 4 is 0 Å². The topological polar surface area (TPSA) is 18.5 Å². The Morgan fingerprint density at radius 3 is 2.33 bits per heavy atom. The van der Waals surface area contributed by atoms with Crippen LogP contribution in [0, 0.1) is 0 Å². The van der Waals surface area contributed by atoms with Gasteiger partial charge in [-0.2, -0.15) is 0 Å². The second kappa shape index (κ2) is 5.79. The third-order valence-corrected chi connectivity index (χ3v) is 1.12. The Labute approximate surface area is 53.0 Å². The van der Waals surface area contributed by atoms with Gasteiger partial charge in [0.15, 0.2) is 0 Å². The molecule has 6 heavy (non-hydrogen) atoms. The molecule has 0 rings (SSSR count). The predicted molar refractivity (Wildman–Crippen MR) is 17.8 cm³/mol. The molecule has 0 atom stereocenters. The Kier molecular flexibility index (Phi) is 6.55. The second-order valence-corrected chi connectivity index (χ2v) is 1.88. The normalized spacial score (nSPS) is 8.67. The molecule has 0 aromatic heterocycles. The van der Waals surface area contributed by atoms with Gasteiger partial charge < -0.3 is 0 Å². The van der Waals surface area contributed by atoms with E-state index in [1.165, 1.54) is 0 Å². The summed E-state index contributed by atoms with van der Waals surface area (Å²) in [5, 5.41) is 0. The zero-order chi connectivity index (χ0) is 4.83. The molecule has 0 N–H and O–H groups in total. The number of rotatable bonds is 3. The zero-order valence-electron chi connectivity index (χ0n) is 3.73. The molecule has 0 saturated carbocycles. The predicted octanol–water partition coefficient (Wildman–Crippen LogP) is 0.111. The van der Waals surface area contributed by atoms with Crippen LogP contribution in [0.2, 0.25) is 0 Å². The van der Waals surface area contributed by atoms with Crippen LogP contribution >= 0.6 is 0 Å². The summed E-state index contributed by atoms with van der Waals surface area (Å²) in [7, 11) is 1.67. The van der Waals surface area contributed by atoms with Gasteiger partial charge >= 0.3 is 52.7 Å². The van der Waals surface area contributed by atoms with E-state index in [1.807, 2.05) is 0 Å². The molecule has 0 aliphatic rings. The number of hydrogen-bond donors (Lipinski definition) is 0. The maximum absolute atomic E-state index is 4.80. The van der Waals surface area contributed by atoms with Gasteiger partial charge in [-0.05, 0) is 0 Å². The first kappa shape index (κ1) is 6.79. The summed E-state index contributed by atoms with van der Waals surface area (Å²) in [5.74, 6) is 0. The first-order chi connectivity index (χ1) is 2.91. The fourth-order valence-corrected chi connectivity index (χ4v) is 0.424. The van der Waals surface area contributed by atoms with E-state index in [2.05, 4.69) is 4.74 Å². The molecule has 0 aromatic carbocycles. The standard InChI is InChI=1S/C3H7O2.Hf/c1-5-3-2-4;/h2-3H2,1H3;/q-1;+1. The van der Waals surface area contributed by atoms with E-state index in [1.54, 1.807) is 7.11 Å². The van der Waals surface area contributed by atoms with Gasteiger partial charge in [-0.25, -0.2) is 0 Å². The third kappa shape index (κ3) is 4.79. The Morgan fingerprint density at radius 1 is 1.50 bits per heavy atom. The second-order valence-electron chi connectivity index (χ2n) is 0.841. The van der Waals surface area contributed by atoms with Gasteiger partial charge in [0.05, 0.1) is 0 Å². The molecule has 0 amide bonds. The summed E-state index contributed by atoms with van der Waals surface area (Å²) in [5.41, 5.74) is 0. The van der Waals surface area contributed by atoms with Crippen LogP contribution in [0.1, 0.15) is 0 Å². The molecule has 0 spiro atoms. The van der Waals surface area contributed by atoms with Gasteiger partial charge in [0.2, 0.25) is 0 Å². The quantitative estimate of drug-likeness (QED) is 0.525.